The van der Waals surface area contributed by atoms with Gasteiger partial charge in [-0.15, -0.1) is 0 Å². The lowest BCUT2D eigenvalue weighted by Crippen LogP contribution is -2.22. The van der Waals surface area contributed by atoms with Crippen LogP contribution in [0, 0.1) is 0 Å². The van der Waals surface area contributed by atoms with Crippen LogP contribution in [-0.2, 0) is 0 Å². The number of rotatable bonds is 2. The molecule has 1 rings (SSSR count). The zero-order chi connectivity index (χ0) is 11.4. The maximum absolute atomic E-state index is 11.0. The Bertz CT molecular complexity index is 364. The molecule has 0 unspecified atom stereocenters. The molecule has 4 heteroatoms. The monoisotopic (exact) mass is 271 g/mol. The minimum absolute atomic E-state index is 0.382. The molecule has 0 saturated carbocycles. The SMILES string of the molecule is CNC(=O)Oc1ccc(Br)c(C(C)C)c1. The predicted octanol–water partition coefficient (Wildman–Crippen LogP) is 3.29. The van der Waals surface area contributed by atoms with Crippen molar-refractivity contribution in [2.75, 3.05) is 7.05 Å². The molecular formula is C11H14BrNO2. The zero-order valence-electron chi connectivity index (χ0n) is 9.00. The van der Waals surface area contributed by atoms with Crippen LogP contribution in [0.4, 0.5) is 4.79 Å². The summed E-state index contributed by atoms with van der Waals surface area (Å²) < 4.78 is 6.07. The van der Waals surface area contributed by atoms with Gasteiger partial charge >= 0.3 is 6.09 Å². The number of carbonyl (C=O) groups is 1. The highest BCUT2D eigenvalue weighted by atomic mass is 79.9. The van der Waals surface area contributed by atoms with Gasteiger partial charge in [-0.3, -0.25) is 0 Å². The molecule has 0 aliphatic carbocycles. The molecule has 0 aliphatic rings. The topological polar surface area (TPSA) is 38.3 Å². The first-order valence-corrected chi connectivity index (χ1v) is 5.53. The smallest absolute Gasteiger partial charge is 0.410 e. The maximum Gasteiger partial charge on any atom is 0.412 e. The summed E-state index contributed by atoms with van der Waals surface area (Å²) in [5.74, 6) is 0.939. The summed E-state index contributed by atoms with van der Waals surface area (Å²) in [6, 6.07) is 5.50. The molecule has 1 aromatic rings. The minimum atomic E-state index is -0.452. The summed E-state index contributed by atoms with van der Waals surface area (Å²) in [5.41, 5.74) is 1.12. The van der Waals surface area contributed by atoms with Gasteiger partial charge in [-0.1, -0.05) is 29.8 Å². The second-order valence-electron chi connectivity index (χ2n) is 3.48. The van der Waals surface area contributed by atoms with Crippen molar-refractivity contribution in [2.45, 2.75) is 19.8 Å². The van der Waals surface area contributed by atoms with E-state index < -0.39 is 6.09 Å². The van der Waals surface area contributed by atoms with Crippen molar-refractivity contribution in [2.24, 2.45) is 0 Å². The van der Waals surface area contributed by atoms with Crippen molar-refractivity contribution in [1.29, 1.82) is 0 Å². The molecule has 1 amide bonds. The molecule has 0 heterocycles. The van der Waals surface area contributed by atoms with Gasteiger partial charge in [-0.05, 0) is 29.7 Å². The van der Waals surface area contributed by atoms with Crippen LogP contribution in [0.5, 0.6) is 5.75 Å². The van der Waals surface area contributed by atoms with Gasteiger partial charge in [0.1, 0.15) is 5.75 Å². The zero-order valence-corrected chi connectivity index (χ0v) is 10.6. The largest absolute Gasteiger partial charge is 0.412 e. The Morgan fingerprint density at radius 1 is 1.47 bits per heavy atom. The highest BCUT2D eigenvalue weighted by molar-refractivity contribution is 9.10. The first-order chi connectivity index (χ1) is 7.04. The van der Waals surface area contributed by atoms with Crippen LogP contribution in [-0.4, -0.2) is 13.1 Å². The molecule has 0 bridgehead atoms. The molecule has 0 radical (unpaired) electrons. The molecule has 0 atom stereocenters. The van der Waals surface area contributed by atoms with E-state index in [9.17, 15) is 4.79 Å². The first kappa shape index (κ1) is 12.0. The van der Waals surface area contributed by atoms with E-state index in [0.717, 1.165) is 10.0 Å². The number of hydrogen-bond donors (Lipinski definition) is 1. The van der Waals surface area contributed by atoms with Gasteiger partial charge in [0.15, 0.2) is 0 Å². The van der Waals surface area contributed by atoms with E-state index in [2.05, 4.69) is 35.1 Å². The Balaban J connectivity index is 2.92. The van der Waals surface area contributed by atoms with Gasteiger partial charge < -0.3 is 10.1 Å². The van der Waals surface area contributed by atoms with E-state index in [1.807, 2.05) is 12.1 Å². The molecule has 3 nitrogen and oxygen atoms in total. The van der Waals surface area contributed by atoms with E-state index >= 15 is 0 Å². The van der Waals surface area contributed by atoms with E-state index in [1.54, 1.807) is 6.07 Å². The second-order valence-corrected chi connectivity index (χ2v) is 4.33. The van der Waals surface area contributed by atoms with E-state index in [1.165, 1.54) is 7.05 Å². The number of hydrogen-bond acceptors (Lipinski definition) is 2. The third kappa shape index (κ3) is 3.23. The Kier molecular flexibility index (Phi) is 4.15. The van der Waals surface area contributed by atoms with Crippen LogP contribution in [0.15, 0.2) is 22.7 Å². The highest BCUT2D eigenvalue weighted by Crippen LogP contribution is 2.28. The quantitative estimate of drug-likeness (QED) is 0.897. The third-order valence-electron chi connectivity index (χ3n) is 2.00. The van der Waals surface area contributed by atoms with Gasteiger partial charge in [-0.2, -0.15) is 0 Å². The molecular weight excluding hydrogens is 258 g/mol. The van der Waals surface area contributed by atoms with Crippen LogP contribution < -0.4 is 10.1 Å². The van der Waals surface area contributed by atoms with Gasteiger partial charge in [0.25, 0.3) is 0 Å². The van der Waals surface area contributed by atoms with Crippen molar-refractivity contribution >= 4 is 22.0 Å². The van der Waals surface area contributed by atoms with Crippen molar-refractivity contribution in [3.63, 3.8) is 0 Å². The summed E-state index contributed by atoms with van der Waals surface area (Å²) in [4.78, 5) is 11.0. The number of amides is 1. The summed E-state index contributed by atoms with van der Waals surface area (Å²) in [7, 11) is 1.53. The Hall–Kier alpha value is -1.03. The van der Waals surface area contributed by atoms with Gasteiger partial charge in [0, 0.05) is 11.5 Å². The molecule has 0 fully saturated rings. The average molecular weight is 272 g/mol. The predicted molar refractivity (Wildman–Crippen MR) is 63.3 cm³/mol. The standard InChI is InChI=1S/C11H14BrNO2/c1-7(2)9-6-8(4-5-10(9)12)15-11(14)13-3/h4-7H,1-3H3,(H,13,14). The lowest BCUT2D eigenvalue weighted by Gasteiger charge is -2.10. The fourth-order valence-corrected chi connectivity index (χ4v) is 1.89. The second kappa shape index (κ2) is 5.16. The summed E-state index contributed by atoms with van der Waals surface area (Å²) >= 11 is 3.46. The molecule has 0 aliphatic heterocycles. The van der Waals surface area contributed by atoms with Crippen molar-refractivity contribution in [1.82, 2.24) is 5.32 Å². The maximum atomic E-state index is 11.0. The molecule has 15 heavy (non-hydrogen) atoms. The minimum Gasteiger partial charge on any atom is -0.410 e. The molecule has 0 spiro atoms. The lowest BCUT2D eigenvalue weighted by atomic mass is 10.0. The summed E-state index contributed by atoms with van der Waals surface area (Å²) in [6.45, 7) is 4.17. The Morgan fingerprint density at radius 3 is 2.67 bits per heavy atom. The van der Waals surface area contributed by atoms with E-state index in [0.29, 0.717) is 11.7 Å². The van der Waals surface area contributed by atoms with Gasteiger partial charge in [0.05, 0.1) is 0 Å². The van der Waals surface area contributed by atoms with Gasteiger partial charge in [0.2, 0.25) is 0 Å². The first-order valence-electron chi connectivity index (χ1n) is 4.73. The van der Waals surface area contributed by atoms with E-state index in [-0.39, 0.29) is 0 Å². The number of nitrogens with one attached hydrogen (secondary N) is 1. The number of benzene rings is 1. The average Bonchev–Trinajstić information content (AvgIpc) is 2.20. The molecule has 1 N–H and O–H groups in total. The fourth-order valence-electron chi connectivity index (χ4n) is 1.19. The summed E-state index contributed by atoms with van der Waals surface area (Å²) in [6.07, 6.45) is -0.452. The molecule has 0 aromatic heterocycles. The molecule has 82 valence electrons. The lowest BCUT2D eigenvalue weighted by molar-refractivity contribution is 0.203. The molecule has 1 aromatic carbocycles. The fraction of sp³-hybridized carbons (Fsp3) is 0.364. The van der Waals surface area contributed by atoms with Crippen LogP contribution in [0.25, 0.3) is 0 Å². The van der Waals surface area contributed by atoms with Crippen LogP contribution in [0.1, 0.15) is 25.3 Å². The number of carbonyl (C=O) groups excluding carboxylic acids is 1. The number of halogens is 1. The molecule has 0 saturated heterocycles. The highest BCUT2D eigenvalue weighted by Gasteiger charge is 2.08. The van der Waals surface area contributed by atoms with Crippen LogP contribution in [0.3, 0.4) is 0 Å². The van der Waals surface area contributed by atoms with Crippen molar-refractivity contribution < 1.29 is 9.53 Å². The Labute approximate surface area is 97.9 Å². The summed E-state index contributed by atoms with van der Waals surface area (Å²) in [5, 5.41) is 2.40. The van der Waals surface area contributed by atoms with Crippen LogP contribution in [0.2, 0.25) is 0 Å². The van der Waals surface area contributed by atoms with Crippen molar-refractivity contribution in [3.8, 4) is 5.75 Å². The van der Waals surface area contributed by atoms with Crippen LogP contribution >= 0.6 is 15.9 Å². The third-order valence-corrected chi connectivity index (χ3v) is 2.73. The Morgan fingerprint density at radius 2 is 2.13 bits per heavy atom. The van der Waals surface area contributed by atoms with Gasteiger partial charge in [-0.25, -0.2) is 4.79 Å². The van der Waals surface area contributed by atoms with E-state index in [4.69, 9.17) is 4.74 Å². The normalized spacial score (nSPS) is 10.2. The van der Waals surface area contributed by atoms with Crippen molar-refractivity contribution in [3.05, 3.63) is 28.2 Å². The number of ether oxygens (including phenoxy) is 1.